The van der Waals surface area contributed by atoms with Crippen LogP contribution in [0.4, 0.5) is 0 Å². The van der Waals surface area contributed by atoms with E-state index in [2.05, 4.69) is 26.1 Å². The molecule has 0 fully saturated rings. The van der Waals surface area contributed by atoms with E-state index in [1.807, 2.05) is 7.05 Å². The maximum Gasteiger partial charge on any atom is 0.147 e. The third-order valence-electron chi connectivity index (χ3n) is 2.17. The molecule has 0 aromatic heterocycles. The predicted molar refractivity (Wildman–Crippen MR) is 56.6 cm³/mol. The highest BCUT2D eigenvalue weighted by Crippen LogP contribution is 2.21. The smallest absolute Gasteiger partial charge is 0.147 e. The van der Waals surface area contributed by atoms with Crippen LogP contribution >= 0.6 is 0 Å². The van der Waals surface area contributed by atoms with Crippen molar-refractivity contribution in [3.05, 3.63) is 0 Å². The molecule has 0 saturated carbocycles. The van der Waals surface area contributed by atoms with Crippen molar-refractivity contribution in [1.82, 2.24) is 5.32 Å². The minimum Gasteiger partial charge on any atom is -0.316 e. The number of sulfone groups is 1. The summed E-state index contributed by atoms with van der Waals surface area (Å²) in [6.07, 6.45) is 1.96. The van der Waals surface area contributed by atoms with Crippen molar-refractivity contribution in [1.29, 1.82) is 0 Å². The van der Waals surface area contributed by atoms with Gasteiger partial charge in [-0.1, -0.05) is 20.8 Å². The second-order valence-electron chi connectivity index (χ2n) is 4.63. The van der Waals surface area contributed by atoms with Crippen molar-refractivity contribution < 1.29 is 8.42 Å². The lowest BCUT2D eigenvalue weighted by Crippen LogP contribution is -2.39. The van der Waals surface area contributed by atoms with Gasteiger partial charge in [0.1, 0.15) is 9.84 Å². The predicted octanol–water partition coefficient (Wildman–Crippen LogP) is 1.06. The van der Waals surface area contributed by atoms with Crippen molar-refractivity contribution >= 4 is 9.84 Å². The van der Waals surface area contributed by atoms with Crippen LogP contribution in [0.1, 0.15) is 27.2 Å². The molecule has 4 heteroatoms. The van der Waals surface area contributed by atoms with Crippen LogP contribution in [-0.2, 0) is 9.84 Å². The summed E-state index contributed by atoms with van der Waals surface area (Å²) >= 11 is 0. The quantitative estimate of drug-likeness (QED) is 0.749. The van der Waals surface area contributed by atoms with Crippen molar-refractivity contribution in [2.75, 3.05) is 19.1 Å². The van der Waals surface area contributed by atoms with Gasteiger partial charge in [-0.2, -0.15) is 0 Å². The normalized spacial score (nSPS) is 15.8. The molecule has 0 bridgehead atoms. The average Bonchev–Trinajstić information content (AvgIpc) is 1.82. The Morgan fingerprint density at radius 2 is 1.77 bits per heavy atom. The van der Waals surface area contributed by atoms with Crippen LogP contribution in [0.3, 0.4) is 0 Å². The van der Waals surface area contributed by atoms with Crippen LogP contribution < -0.4 is 5.32 Å². The summed E-state index contributed by atoms with van der Waals surface area (Å²) in [6.45, 7) is 6.32. The second kappa shape index (κ2) is 4.42. The van der Waals surface area contributed by atoms with Gasteiger partial charge in [-0.25, -0.2) is 8.42 Å². The molecule has 0 spiro atoms. The molecule has 1 N–H and O–H groups in total. The van der Waals surface area contributed by atoms with Gasteiger partial charge in [0.05, 0.1) is 5.75 Å². The third kappa shape index (κ3) is 6.05. The van der Waals surface area contributed by atoms with E-state index in [-0.39, 0.29) is 17.2 Å². The van der Waals surface area contributed by atoms with Crippen LogP contribution in [-0.4, -0.2) is 33.5 Å². The second-order valence-corrected chi connectivity index (χ2v) is 6.89. The number of hydrogen-bond acceptors (Lipinski definition) is 3. The Kier molecular flexibility index (Phi) is 4.39. The summed E-state index contributed by atoms with van der Waals surface area (Å²) in [4.78, 5) is 0. The SMILES string of the molecule is CNC(CCS(C)(=O)=O)C(C)(C)C. The highest BCUT2D eigenvalue weighted by Gasteiger charge is 2.23. The van der Waals surface area contributed by atoms with Crippen molar-refractivity contribution in [3.63, 3.8) is 0 Å². The molecule has 0 saturated heterocycles. The van der Waals surface area contributed by atoms with E-state index in [0.29, 0.717) is 6.42 Å². The van der Waals surface area contributed by atoms with E-state index in [4.69, 9.17) is 0 Å². The van der Waals surface area contributed by atoms with Crippen LogP contribution in [0.25, 0.3) is 0 Å². The van der Waals surface area contributed by atoms with Crippen LogP contribution in [0.5, 0.6) is 0 Å². The van der Waals surface area contributed by atoms with E-state index in [1.165, 1.54) is 6.26 Å². The van der Waals surface area contributed by atoms with Crippen molar-refractivity contribution in [2.24, 2.45) is 5.41 Å². The summed E-state index contributed by atoms with van der Waals surface area (Å²) in [6, 6.07) is 0.252. The monoisotopic (exact) mass is 207 g/mol. The zero-order valence-corrected chi connectivity index (χ0v) is 10.0. The van der Waals surface area contributed by atoms with Gasteiger partial charge in [0.25, 0.3) is 0 Å². The molecule has 13 heavy (non-hydrogen) atoms. The molecule has 0 radical (unpaired) electrons. The van der Waals surface area contributed by atoms with Crippen molar-refractivity contribution in [3.8, 4) is 0 Å². The van der Waals surface area contributed by atoms with Gasteiger partial charge in [-0.15, -0.1) is 0 Å². The van der Waals surface area contributed by atoms with Gasteiger partial charge in [0, 0.05) is 12.3 Å². The highest BCUT2D eigenvalue weighted by molar-refractivity contribution is 7.90. The minimum atomic E-state index is -2.83. The molecule has 0 heterocycles. The third-order valence-corrected chi connectivity index (χ3v) is 3.15. The van der Waals surface area contributed by atoms with E-state index in [9.17, 15) is 8.42 Å². The summed E-state index contributed by atoms with van der Waals surface area (Å²) in [5.74, 6) is 0.260. The first-order valence-electron chi connectivity index (χ1n) is 4.52. The van der Waals surface area contributed by atoms with E-state index >= 15 is 0 Å². The van der Waals surface area contributed by atoms with Crippen LogP contribution in [0.15, 0.2) is 0 Å². The van der Waals surface area contributed by atoms with Gasteiger partial charge in [0.15, 0.2) is 0 Å². The van der Waals surface area contributed by atoms with E-state index in [1.54, 1.807) is 0 Å². The van der Waals surface area contributed by atoms with E-state index < -0.39 is 9.84 Å². The summed E-state index contributed by atoms with van der Waals surface area (Å²) in [7, 11) is -0.956. The molecule has 0 amide bonds. The molecule has 0 rings (SSSR count). The maximum absolute atomic E-state index is 11.0. The Labute approximate surface area is 81.8 Å². The molecular weight excluding hydrogens is 186 g/mol. The Morgan fingerprint density at radius 3 is 2.00 bits per heavy atom. The molecule has 0 aromatic carbocycles. The number of hydrogen-bond donors (Lipinski definition) is 1. The number of rotatable bonds is 4. The zero-order chi connectivity index (χ0) is 10.7. The lowest BCUT2D eigenvalue weighted by Gasteiger charge is -2.30. The largest absolute Gasteiger partial charge is 0.316 e. The molecular formula is C9H21NO2S. The lowest BCUT2D eigenvalue weighted by molar-refractivity contribution is 0.275. The first-order valence-corrected chi connectivity index (χ1v) is 6.58. The summed E-state index contributed by atoms with van der Waals surface area (Å²) < 4.78 is 21.9. The van der Waals surface area contributed by atoms with E-state index in [0.717, 1.165) is 0 Å². The number of nitrogens with one attached hydrogen (secondary N) is 1. The average molecular weight is 207 g/mol. The first-order chi connectivity index (χ1) is 5.67. The Bertz CT molecular complexity index is 239. The van der Waals surface area contributed by atoms with Gasteiger partial charge in [-0.05, 0) is 18.9 Å². The Morgan fingerprint density at radius 1 is 1.31 bits per heavy atom. The Hall–Kier alpha value is -0.0900. The summed E-state index contributed by atoms with van der Waals surface area (Å²) in [5.41, 5.74) is 0.111. The molecule has 0 aliphatic carbocycles. The van der Waals surface area contributed by atoms with Gasteiger partial charge >= 0.3 is 0 Å². The molecule has 3 nitrogen and oxygen atoms in total. The maximum atomic E-state index is 11.0. The minimum absolute atomic E-state index is 0.111. The fraction of sp³-hybridized carbons (Fsp3) is 1.00. The molecule has 0 aliphatic rings. The van der Waals surface area contributed by atoms with Crippen molar-refractivity contribution in [2.45, 2.75) is 33.2 Å². The van der Waals surface area contributed by atoms with Gasteiger partial charge in [0.2, 0.25) is 0 Å². The zero-order valence-electron chi connectivity index (χ0n) is 9.22. The molecule has 0 aromatic rings. The van der Waals surface area contributed by atoms with Crippen LogP contribution in [0.2, 0.25) is 0 Å². The molecule has 1 atom stereocenters. The molecule has 80 valence electrons. The summed E-state index contributed by atoms with van der Waals surface area (Å²) in [5, 5.41) is 3.15. The topological polar surface area (TPSA) is 46.2 Å². The van der Waals surface area contributed by atoms with Crippen LogP contribution in [0, 0.1) is 5.41 Å². The lowest BCUT2D eigenvalue weighted by atomic mass is 9.85. The van der Waals surface area contributed by atoms with Gasteiger partial charge < -0.3 is 5.32 Å². The molecule has 1 unspecified atom stereocenters. The standard InChI is InChI=1S/C9H21NO2S/c1-9(2,3)8(10-4)6-7-13(5,11)12/h8,10H,6-7H2,1-5H3. The fourth-order valence-corrected chi connectivity index (χ4v) is 2.01. The fourth-order valence-electron chi connectivity index (χ4n) is 1.34. The highest BCUT2D eigenvalue weighted by atomic mass is 32.2. The molecule has 0 aliphatic heterocycles. The Balaban J connectivity index is 4.17. The van der Waals surface area contributed by atoms with Gasteiger partial charge in [-0.3, -0.25) is 0 Å². The first kappa shape index (κ1) is 12.9.